The predicted molar refractivity (Wildman–Crippen MR) is 145 cm³/mol. The van der Waals surface area contributed by atoms with E-state index >= 15 is 0 Å². The number of aromatic nitrogens is 4. The van der Waals surface area contributed by atoms with Crippen molar-refractivity contribution in [1.82, 2.24) is 20.2 Å². The molecule has 0 amide bonds. The summed E-state index contributed by atoms with van der Waals surface area (Å²) in [5.41, 5.74) is 4.37. The van der Waals surface area contributed by atoms with E-state index in [1.54, 1.807) is 18.9 Å². The second-order valence-corrected chi connectivity index (χ2v) is 10.5. The van der Waals surface area contributed by atoms with Gasteiger partial charge in [0.15, 0.2) is 5.82 Å². The molecular weight excluding hydrogens is 484 g/mol. The van der Waals surface area contributed by atoms with Crippen LogP contribution < -0.4 is 14.5 Å². The Morgan fingerprint density at radius 2 is 1.70 bits per heavy atom. The lowest BCUT2D eigenvalue weighted by Gasteiger charge is -2.35. The summed E-state index contributed by atoms with van der Waals surface area (Å²) in [5, 5.41) is 24.0. The molecule has 2 aliphatic heterocycles. The monoisotopic (exact) mass is 514 g/mol. The van der Waals surface area contributed by atoms with Crippen LogP contribution in [-0.2, 0) is 6.42 Å². The molecule has 1 atom stereocenters. The number of hydrogen-bond acceptors (Lipinski definition) is 8. The Morgan fingerprint density at radius 1 is 0.946 bits per heavy atom. The maximum Gasteiger partial charge on any atom is 0.175 e. The summed E-state index contributed by atoms with van der Waals surface area (Å²) in [4.78, 5) is 8.67. The number of hydrogen-bond donors (Lipinski definition) is 1. The third-order valence-electron chi connectivity index (χ3n) is 6.93. The van der Waals surface area contributed by atoms with Crippen molar-refractivity contribution in [2.24, 2.45) is 0 Å². The SMILES string of the molecule is COc1ccc(-n2nnc(CCC(O)CN3c4ccccc4Sc4ccc(N5CCCC5)cc43)n2)cc1. The highest BCUT2D eigenvalue weighted by Crippen LogP contribution is 2.49. The lowest BCUT2D eigenvalue weighted by Crippen LogP contribution is -2.31. The molecule has 1 unspecified atom stereocenters. The average Bonchev–Trinajstić information content (AvgIpc) is 3.65. The van der Waals surface area contributed by atoms with Crippen molar-refractivity contribution in [1.29, 1.82) is 0 Å². The molecule has 0 spiro atoms. The van der Waals surface area contributed by atoms with Crippen molar-refractivity contribution < 1.29 is 9.84 Å². The zero-order valence-corrected chi connectivity index (χ0v) is 21.6. The van der Waals surface area contributed by atoms with Crippen LogP contribution in [-0.4, -0.2) is 58.2 Å². The number of para-hydroxylation sites is 1. The molecule has 8 nitrogen and oxygen atoms in total. The largest absolute Gasteiger partial charge is 0.497 e. The first-order chi connectivity index (χ1) is 18.2. The molecule has 4 aromatic rings. The van der Waals surface area contributed by atoms with Gasteiger partial charge in [-0.05, 0) is 79.1 Å². The van der Waals surface area contributed by atoms with Gasteiger partial charge in [0.05, 0.1) is 30.3 Å². The fourth-order valence-electron chi connectivity index (χ4n) is 4.95. The molecule has 1 N–H and O–H groups in total. The highest BCUT2D eigenvalue weighted by Gasteiger charge is 2.26. The molecule has 37 heavy (non-hydrogen) atoms. The molecule has 1 aromatic heterocycles. The van der Waals surface area contributed by atoms with Crippen LogP contribution in [0.25, 0.3) is 5.69 Å². The topological polar surface area (TPSA) is 79.5 Å². The smallest absolute Gasteiger partial charge is 0.175 e. The molecule has 0 bridgehead atoms. The van der Waals surface area contributed by atoms with Gasteiger partial charge in [-0.25, -0.2) is 0 Å². The molecule has 3 aromatic carbocycles. The summed E-state index contributed by atoms with van der Waals surface area (Å²) in [6.45, 7) is 2.71. The predicted octanol–water partition coefficient (Wildman–Crippen LogP) is 4.87. The van der Waals surface area contributed by atoms with Gasteiger partial charge in [0.1, 0.15) is 5.75 Å². The minimum absolute atomic E-state index is 0.501. The zero-order chi connectivity index (χ0) is 25.2. The minimum atomic E-state index is -0.549. The van der Waals surface area contributed by atoms with Crippen LogP contribution in [0.1, 0.15) is 25.1 Å². The Hall–Kier alpha value is -3.56. The number of anilines is 3. The first kappa shape index (κ1) is 23.8. The van der Waals surface area contributed by atoms with Gasteiger partial charge in [0, 0.05) is 41.5 Å². The van der Waals surface area contributed by atoms with Gasteiger partial charge in [-0.1, -0.05) is 23.9 Å². The molecule has 0 aliphatic carbocycles. The van der Waals surface area contributed by atoms with Crippen molar-refractivity contribution in [3.63, 3.8) is 0 Å². The summed E-state index contributed by atoms with van der Waals surface area (Å²) in [6.07, 6.45) is 3.03. The van der Waals surface area contributed by atoms with Crippen LogP contribution in [0.4, 0.5) is 17.1 Å². The Morgan fingerprint density at radius 3 is 2.51 bits per heavy atom. The number of fused-ring (bicyclic) bond motifs is 2. The van der Waals surface area contributed by atoms with E-state index in [2.05, 4.69) is 67.7 Å². The van der Waals surface area contributed by atoms with Gasteiger partial charge in [0.2, 0.25) is 0 Å². The van der Waals surface area contributed by atoms with Crippen molar-refractivity contribution in [3.05, 3.63) is 72.6 Å². The second kappa shape index (κ2) is 10.4. The Labute approximate surface area is 220 Å². The number of tetrazole rings is 1. The quantitative estimate of drug-likeness (QED) is 0.357. The van der Waals surface area contributed by atoms with E-state index in [0.29, 0.717) is 25.2 Å². The van der Waals surface area contributed by atoms with Crippen LogP contribution in [0.2, 0.25) is 0 Å². The van der Waals surface area contributed by atoms with Crippen LogP contribution >= 0.6 is 11.8 Å². The number of rotatable bonds is 8. The molecule has 1 fully saturated rings. The first-order valence-electron chi connectivity index (χ1n) is 12.7. The standard InChI is InChI=1S/C28H30N6O2S/c1-36-23-12-8-20(9-13-23)34-30-28(29-31-34)15-11-22(35)19-33-24-6-2-3-7-26(24)37-27-14-10-21(18-25(27)33)32-16-4-5-17-32/h2-3,6-10,12-14,18,22,35H,4-5,11,15-17,19H2,1H3. The van der Waals surface area contributed by atoms with Crippen molar-refractivity contribution >= 4 is 28.8 Å². The highest BCUT2D eigenvalue weighted by molar-refractivity contribution is 7.99. The summed E-state index contributed by atoms with van der Waals surface area (Å²) < 4.78 is 5.21. The molecule has 190 valence electrons. The number of β-amino-alcohol motifs (C(OH)–C–C–N with tert-alkyl or cyclic N) is 1. The van der Waals surface area contributed by atoms with E-state index in [0.717, 1.165) is 35.9 Å². The molecule has 1 saturated heterocycles. The fourth-order valence-corrected chi connectivity index (χ4v) is 6.03. The van der Waals surface area contributed by atoms with Crippen LogP contribution in [0, 0.1) is 0 Å². The Balaban J connectivity index is 1.17. The maximum atomic E-state index is 11.1. The van der Waals surface area contributed by atoms with Crippen LogP contribution in [0.3, 0.4) is 0 Å². The molecule has 0 saturated carbocycles. The molecule has 6 rings (SSSR count). The van der Waals surface area contributed by atoms with E-state index in [4.69, 9.17) is 4.74 Å². The number of methoxy groups -OCH3 is 1. The number of benzene rings is 3. The summed E-state index contributed by atoms with van der Waals surface area (Å²) in [7, 11) is 1.64. The van der Waals surface area contributed by atoms with Gasteiger partial charge in [-0.3, -0.25) is 0 Å². The maximum absolute atomic E-state index is 11.1. The summed E-state index contributed by atoms with van der Waals surface area (Å²) >= 11 is 1.80. The zero-order valence-electron chi connectivity index (χ0n) is 20.8. The second-order valence-electron chi connectivity index (χ2n) is 9.41. The van der Waals surface area contributed by atoms with E-state index in [1.165, 1.54) is 33.1 Å². The molecule has 0 radical (unpaired) electrons. The van der Waals surface area contributed by atoms with E-state index in [9.17, 15) is 5.11 Å². The van der Waals surface area contributed by atoms with E-state index < -0.39 is 6.10 Å². The number of nitrogens with zero attached hydrogens (tertiary/aromatic N) is 6. The molecule has 3 heterocycles. The summed E-state index contributed by atoms with van der Waals surface area (Å²) in [5.74, 6) is 1.39. The number of aryl methyl sites for hydroxylation is 1. The van der Waals surface area contributed by atoms with Crippen LogP contribution in [0.15, 0.2) is 76.5 Å². The van der Waals surface area contributed by atoms with Gasteiger partial charge < -0.3 is 19.6 Å². The van der Waals surface area contributed by atoms with Crippen molar-refractivity contribution in [2.45, 2.75) is 41.6 Å². The fraction of sp³-hybridized carbons (Fsp3) is 0.321. The Kier molecular flexibility index (Phi) is 6.72. The lowest BCUT2D eigenvalue weighted by atomic mass is 10.1. The lowest BCUT2D eigenvalue weighted by molar-refractivity contribution is 0.172. The first-order valence-corrected chi connectivity index (χ1v) is 13.5. The number of aliphatic hydroxyl groups is 1. The van der Waals surface area contributed by atoms with Crippen molar-refractivity contribution in [3.8, 4) is 11.4 Å². The van der Waals surface area contributed by atoms with E-state index in [1.807, 2.05) is 24.3 Å². The number of ether oxygens (including phenoxy) is 1. The van der Waals surface area contributed by atoms with Gasteiger partial charge in [-0.2, -0.15) is 0 Å². The molecule has 9 heteroatoms. The average molecular weight is 515 g/mol. The van der Waals surface area contributed by atoms with Gasteiger partial charge in [0.25, 0.3) is 0 Å². The normalized spacial score (nSPS) is 15.4. The number of aliphatic hydroxyl groups excluding tert-OH is 1. The third-order valence-corrected chi connectivity index (χ3v) is 8.06. The third kappa shape index (κ3) is 5.01. The minimum Gasteiger partial charge on any atom is -0.497 e. The van der Waals surface area contributed by atoms with Gasteiger partial charge in [-0.15, -0.1) is 15.0 Å². The summed E-state index contributed by atoms with van der Waals surface area (Å²) in [6, 6.07) is 22.7. The Bertz CT molecular complexity index is 1370. The molecular formula is C28H30N6O2S. The van der Waals surface area contributed by atoms with E-state index in [-0.39, 0.29) is 0 Å². The highest BCUT2D eigenvalue weighted by atomic mass is 32.2. The van der Waals surface area contributed by atoms with Crippen LogP contribution in [0.5, 0.6) is 5.75 Å². The molecule has 2 aliphatic rings. The van der Waals surface area contributed by atoms with Crippen molar-refractivity contribution in [2.75, 3.05) is 36.5 Å². The van der Waals surface area contributed by atoms with Gasteiger partial charge >= 0.3 is 0 Å².